The normalized spacial score (nSPS) is 17.5. The number of ether oxygens (including phenoxy) is 1. The number of likely N-dealkylation sites (tertiary alicyclic amines) is 1. The van der Waals surface area contributed by atoms with Gasteiger partial charge in [0, 0.05) is 42.5 Å². The van der Waals surface area contributed by atoms with Crippen LogP contribution >= 0.6 is 0 Å². The maximum Gasteiger partial charge on any atom is 0.452 e. The minimum atomic E-state index is -4.90. The molecule has 13 heteroatoms. The molecule has 0 radical (unpaired) electrons. The van der Waals surface area contributed by atoms with E-state index in [-0.39, 0.29) is 36.1 Å². The van der Waals surface area contributed by atoms with Gasteiger partial charge in [0.05, 0.1) is 7.11 Å². The first-order valence-electron chi connectivity index (χ1n) is 13.3. The SMILES string of the molecule is COC(=O)[C@@H]1CCCN1C(=O)C1CCN(c2ccc(NC(=O)c3nc(-c4ccccc4)oc3C(F)(F)F)cc2)CC1.[Cl-]. The Morgan fingerprint density at radius 1 is 0.976 bits per heavy atom. The smallest absolute Gasteiger partial charge is 0.452 e. The van der Waals surface area contributed by atoms with Crippen LogP contribution in [0.15, 0.2) is 59.0 Å². The van der Waals surface area contributed by atoms with E-state index in [4.69, 9.17) is 9.15 Å². The Morgan fingerprint density at radius 3 is 2.26 bits per heavy atom. The molecule has 0 unspecified atom stereocenters. The molecule has 0 spiro atoms. The van der Waals surface area contributed by atoms with E-state index in [9.17, 15) is 27.6 Å². The van der Waals surface area contributed by atoms with Crippen molar-refractivity contribution in [1.82, 2.24) is 9.88 Å². The number of methoxy groups -OCH3 is 1. The van der Waals surface area contributed by atoms with Crippen LogP contribution in [0.25, 0.3) is 11.5 Å². The molecule has 3 heterocycles. The number of halogens is 4. The zero-order valence-corrected chi connectivity index (χ0v) is 23.5. The second-order valence-electron chi connectivity index (χ2n) is 10.0. The van der Waals surface area contributed by atoms with Crippen molar-refractivity contribution in [2.24, 2.45) is 5.92 Å². The van der Waals surface area contributed by atoms with Gasteiger partial charge in [0.1, 0.15) is 6.04 Å². The number of anilines is 2. The first-order chi connectivity index (χ1) is 19.7. The quantitative estimate of drug-likeness (QED) is 0.429. The molecular formula is C29H29ClF3N4O5-. The van der Waals surface area contributed by atoms with Gasteiger partial charge in [0.2, 0.25) is 17.6 Å². The highest BCUT2D eigenvalue weighted by Crippen LogP contribution is 2.36. The van der Waals surface area contributed by atoms with Crippen LogP contribution in [-0.2, 0) is 20.5 Å². The molecule has 3 aromatic rings. The van der Waals surface area contributed by atoms with E-state index in [1.807, 2.05) is 0 Å². The minimum Gasteiger partial charge on any atom is -1.00 e. The van der Waals surface area contributed by atoms with E-state index in [0.717, 1.165) is 12.1 Å². The summed E-state index contributed by atoms with van der Waals surface area (Å²) < 4.78 is 50.6. The van der Waals surface area contributed by atoms with E-state index in [1.54, 1.807) is 47.4 Å². The number of nitrogens with zero attached hydrogens (tertiary/aromatic N) is 3. The molecule has 2 saturated heterocycles. The van der Waals surface area contributed by atoms with Crippen molar-refractivity contribution in [3.8, 4) is 11.5 Å². The van der Waals surface area contributed by atoms with E-state index in [0.29, 0.717) is 50.1 Å². The summed E-state index contributed by atoms with van der Waals surface area (Å²) in [5, 5.41) is 2.47. The summed E-state index contributed by atoms with van der Waals surface area (Å²) in [5.74, 6) is -3.38. The number of piperidine rings is 1. The van der Waals surface area contributed by atoms with E-state index < -0.39 is 29.6 Å². The minimum absolute atomic E-state index is 0. The molecule has 224 valence electrons. The number of alkyl halides is 3. The van der Waals surface area contributed by atoms with Crippen molar-refractivity contribution in [3.05, 3.63) is 66.1 Å². The van der Waals surface area contributed by atoms with Gasteiger partial charge in [0.15, 0.2) is 5.69 Å². The topological polar surface area (TPSA) is 105 Å². The number of amides is 2. The average Bonchev–Trinajstić information content (AvgIpc) is 3.66. The highest BCUT2D eigenvalue weighted by Gasteiger charge is 2.42. The van der Waals surface area contributed by atoms with Crippen LogP contribution in [0.1, 0.15) is 41.9 Å². The standard InChI is InChI=1S/C29H29F3N4O5.ClH/c1-40-28(39)22-8-5-15-36(22)27(38)19-13-16-35(17-14-19)21-11-9-20(10-12-21)33-25(37)23-24(29(30,31)32)41-26(34-23)18-6-3-2-4-7-18;/h2-4,6-7,9-12,19,22H,5,8,13-17H2,1H3,(H,33,37);1H/p-1/t22-;/m0./s1. The third-order valence-electron chi connectivity index (χ3n) is 7.46. The van der Waals surface area contributed by atoms with Crippen molar-refractivity contribution in [2.75, 3.05) is 37.0 Å². The Morgan fingerprint density at radius 2 is 1.64 bits per heavy atom. The number of oxazole rings is 1. The van der Waals surface area contributed by atoms with Gasteiger partial charge in [-0.1, -0.05) is 18.2 Å². The zero-order valence-electron chi connectivity index (χ0n) is 22.7. The van der Waals surface area contributed by atoms with Gasteiger partial charge in [-0.25, -0.2) is 9.78 Å². The summed E-state index contributed by atoms with van der Waals surface area (Å²) in [6.45, 7) is 1.79. The third kappa shape index (κ3) is 6.53. The monoisotopic (exact) mass is 605 g/mol. The number of benzene rings is 2. The van der Waals surface area contributed by atoms with Crippen LogP contribution in [-0.4, -0.2) is 60.5 Å². The molecule has 1 aromatic heterocycles. The Kier molecular flexibility index (Phi) is 9.45. The maximum absolute atomic E-state index is 13.6. The van der Waals surface area contributed by atoms with Gasteiger partial charge in [-0.15, -0.1) is 0 Å². The van der Waals surface area contributed by atoms with Crippen molar-refractivity contribution in [3.63, 3.8) is 0 Å². The van der Waals surface area contributed by atoms with Gasteiger partial charge >= 0.3 is 12.1 Å². The van der Waals surface area contributed by atoms with Gasteiger partial charge in [-0.05, 0) is 62.1 Å². The highest BCUT2D eigenvalue weighted by molar-refractivity contribution is 6.04. The number of hydrogen-bond donors (Lipinski definition) is 1. The maximum atomic E-state index is 13.6. The number of rotatable bonds is 6. The molecular weight excluding hydrogens is 577 g/mol. The fourth-order valence-electron chi connectivity index (χ4n) is 5.35. The molecule has 42 heavy (non-hydrogen) atoms. The molecule has 2 aromatic carbocycles. The van der Waals surface area contributed by atoms with Gasteiger partial charge in [-0.2, -0.15) is 13.2 Å². The van der Waals surface area contributed by atoms with Crippen molar-refractivity contribution in [1.29, 1.82) is 0 Å². The second kappa shape index (κ2) is 12.8. The van der Waals surface area contributed by atoms with Crippen LogP contribution in [0.5, 0.6) is 0 Å². The number of esters is 1. The van der Waals surface area contributed by atoms with Crippen LogP contribution < -0.4 is 22.6 Å². The van der Waals surface area contributed by atoms with Gasteiger partial charge in [-0.3, -0.25) is 9.59 Å². The number of hydrogen-bond acceptors (Lipinski definition) is 7. The number of carbonyl (C=O) groups excluding carboxylic acids is 3. The van der Waals surface area contributed by atoms with E-state index >= 15 is 0 Å². The fourth-order valence-corrected chi connectivity index (χ4v) is 5.35. The summed E-state index contributed by atoms with van der Waals surface area (Å²) in [7, 11) is 1.33. The molecule has 9 nitrogen and oxygen atoms in total. The predicted octanol–water partition coefficient (Wildman–Crippen LogP) is 2.00. The molecule has 0 saturated carbocycles. The Labute approximate surface area is 246 Å². The van der Waals surface area contributed by atoms with E-state index in [2.05, 4.69) is 15.2 Å². The predicted molar refractivity (Wildman–Crippen MR) is 143 cm³/mol. The lowest BCUT2D eigenvalue weighted by molar-refractivity contribution is -0.153. The summed E-state index contributed by atoms with van der Waals surface area (Å²) in [4.78, 5) is 45.5. The van der Waals surface area contributed by atoms with Crippen molar-refractivity contribution >= 4 is 29.2 Å². The molecule has 0 bridgehead atoms. The van der Waals surface area contributed by atoms with Crippen molar-refractivity contribution < 1.29 is 49.1 Å². The third-order valence-corrected chi connectivity index (χ3v) is 7.46. The lowest BCUT2D eigenvalue weighted by Crippen LogP contribution is -3.00. The molecule has 1 atom stereocenters. The van der Waals surface area contributed by atoms with Crippen LogP contribution in [0.3, 0.4) is 0 Å². The summed E-state index contributed by atoms with van der Waals surface area (Å²) in [6.07, 6.45) is -2.27. The largest absolute Gasteiger partial charge is 1.00 e. The first-order valence-corrected chi connectivity index (χ1v) is 13.3. The second-order valence-corrected chi connectivity index (χ2v) is 10.0. The summed E-state index contributed by atoms with van der Waals surface area (Å²) in [5.41, 5.74) is 0.616. The number of nitrogens with one attached hydrogen (secondary N) is 1. The zero-order chi connectivity index (χ0) is 29.1. The molecule has 2 aliphatic rings. The van der Waals surface area contributed by atoms with Crippen LogP contribution in [0.4, 0.5) is 24.5 Å². The summed E-state index contributed by atoms with van der Waals surface area (Å²) >= 11 is 0. The molecule has 2 aliphatic heterocycles. The van der Waals surface area contributed by atoms with Gasteiger partial charge < -0.3 is 36.7 Å². The highest BCUT2D eigenvalue weighted by atomic mass is 35.5. The lowest BCUT2D eigenvalue weighted by atomic mass is 9.94. The Hall–Kier alpha value is -4.06. The lowest BCUT2D eigenvalue weighted by Gasteiger charge is -2.35. The van der Waals surface area contributed by atoms with Gasteiger partial charge in [0.25, 0.3) is 5.91 Å². The first kappa shape index (κ1) is 30.9. The van der Waals surface area contributed by atoms with Crippen LogP contribution in [0, 0.1) is 5.92 Å². The van der Waals surface area contributed by atoms with E-state index in [1.165, 1.54) is 19.2 Å². The Balaban J connectivity index is 0.00000405. The Bertz CT molecular complexity index is 1410. The van der Waals surface area contributed by atoms with Crippen molar-refractivity contribution in [2.45, 2.75) is 37.9 Å². The van der Waals surface area contributed by atoms with Crippen LogP contribution in [0.2, 0.25) is 0 Å². The summed E-state index contributed by atoms with van der Waals surface area (Å²) in [6, 6.07) is 14.2. The number of carbonyl (C=O) groups is 3. The average molecular weight is 606 g/mol. The molecule has 1 N–H and O–H groups in total. The molecule has 2 amide bonds. The molecule has 2 fully saturated rings. The fraction of sp³-hybridized carbons (Fsp3) is 0.379. The number of aromatic nitrogens is 1. The molecule has 0 aliphatic carbocycles. The molecule has 5 rings (SSSR count).